The van der Waals surface area contributed by atoms with Crippen LogP contribution in [-0.4, -0.2) is 45.9 Å². The first-order chi connectivity index (χ1) is 15.5. The van der Waals surface area contributed by atoms with Gasteiger partial charge in [-0.15, -0.1) is 4.31 Å². The fraction of sp³-hybridized carbons (Fsp3) is 0.417. The van der Waals surface area contributed by atoms with Crippen LogP contribution in [0, 0.1) is 0 Å². The highest BCUT2D eigenvalue weighted by Crippen LogP contribution is 2.27. The molecule has 0 saturated carbocycles. The lowest BCUT2D eigenvalue weighted by Gasteiger charge is -2.34. The first kappa shape index (κ1) is 24.1. The van der Waals surface area contributed by atoms with Crippen LogP contribution in [0.1, 0.15) is 38.2 Å². The molecule has 2 aromatic rings. The van der Waals surface area contributed by atoms with Gasteiger partial charge in [0.2, 0.25) is 11.8 Å². The van der Waals surface area contributed by atoms with E-state index in [4.69, 9.17) is 10.5 Å². The van der Waals surface area contributed by atoms with Gasteiger partial charge in [0.1, 0.15) is 17.8 Å². The van der Waals surface area contributed by atoms with Crippen molar-refractivity contribution in [3.8, 4) is 5.75 Å². The number of nitrogens with zero attached hydrogens (tertiary/aromatic N) is 1. The normalized spacial score (nSPS) is 18.5. The van der Waals surface area contributed by atoms with Crippen molar-refractivity contribution in [3.05, 3.63) is 60.2 Å². The van der Waals surface area contributed by atoms with Crippen LogP contribution in [0.4, 0.5) is 0 Å². The first-order valence-corrected chi connectivity index (χ1v) is 12.1. The Hall–Kier alpha value is -2.55. The molecule has 0 aromatic heterocycles. The lowest BCUT2D eigenvalue weighted by atomic mass is 10.0. The minimum atomic E-state index is -1.52. The fourth-order valence-electron chi connectivity index (χ4n) is 3.73. The van der Waals surface area contributed by atoms with Crippen molar-refractivity contribution in [1.82, 2.24) is 9.62 Å². The van der Waals surface area contributed by atoms with Crippen molar-refractivity contribution in [3.63, 3.8) is 0 Å². The molecule has 2 amide bonds. The number of hydrogen-bond donors (Lipinski definition) is 2. The molecule has 0 spiro atoms. The van der Waals surface area contributed by atoms with Gasteiger partial charge < -0.3 is 20.3 Å². The second kappa shape index (κ2) is 11.9. The van der Waals surface area contributed by atoms with Gasteiger partial charge in [-0.25, -0.2) is 0 Å². The smallest absolute Gasteiger partial charge is 0.242 e. The highest BCUT2D eigenvalue weighted by Gasteiger charge is 2.38. The molecule has 3 N–H and O–H groups in total. The van der Waals surface area contributed by atoms with E-state index in [9.17, 15) is 14.1 Å². The summed E-state index contributed by atoms with van der Waals surface area (Å²) >= 11 is -1.52. The summed E-state index contributed by atoms with van der Waals surface area (Å²) < 4.78 is 20.7. The van der Waals surface area contributed by atoms with Crippen LogP contribution in [0.25, 0.3) is 0 Å². The van der Waals surface area contributed by atoms with Gasteiger partial charge in [0.05, 0.1) is 18.0 Å². The maximum absolute atomic E-state index is 13.4. The SMILES string of the molecule is CCCOc1cccc([S@@+]([O-])N2CCCCC2C(=O)NC(Cc2ccccc2)C(N)=O)c1. The zero-order valence-electron chi connectivity index (χ0n) is 18.4. The maximum atomic E-state index is 13.4. The molecule has 172 valence electrons. The molecule has 8 heteroatoms. The average molecular weight is 458 g/mol. The number of amides is 2. The summed E-state index contributed by atoms with van der Waals surface area (Å²) in [7, 11) is 0. The number of carbonyl (C=O) groups is 2. The van der Waals surface area contributed by atoms with Gasteiger partial charge in [-0.2, -0.15) is 0 Å². The van der Waals surface area contributed by atoms with Gasteiger partial charge >= 0.3 is 0 Å². The molecule has 0 aliphatic carbocycles. The zero-order chi connectivity index (χ0) is 22.9. The van der Waals surface area contributed by atoms with Gasteiger partial charge in [-0.3, -0.25) is 9.59 Å². The summed E-state index contributed by atoms with van der Waals surface area (Å²) in [5.41, 5.74) is 6.47. The van der Waals surface area contributed by atoms with Crippen molar-refractivity contribution in [2.45, 2.75) is 56.0 Å². The molecule has 1 aliphatic rings. The van der Waals surface area contributed by atoms with Crippen molar-refractivity contribution in [2.24, 2.45) is 5.73 Å². The van der Waals surface area contributed by atoms with Crippen LogP contribution in [0.2, 0.25) is 0 Å². The van der Waals surface area contributed by atoms with Crippen LogP contribution >= 0.6 is 0 Å². The predicted octanol–water partition coefficient (Wildman–Crippen LogP) is 2.57. The quantitative estimate of drug-likeness (QED) is 0.533. The van der Waals surface area contributed by atoms with E-state index in [1.165, 1.54) is 0 Å². The molecular weight excluding hydrogens is 426 g/mol. The van der Waals surface area contributed by atoms with E-state index in [1.807, 2.05) is 43.3 Å². The van der Waals surface area contributed by atoms with E-state index < -0.39 is 29.4 Å². The number of piperidine rings is 1. The summed E-state index contributed by atoms with van der Waals surface area (Å²) in [4.78, 5) is 25.7. The van der Waals surface area contributed by atoms with E-state index in [1.54, 1.807) is 22.5 Å². The minimum Gasteiger partial charge on any atom is -0.593 e. The van der Waals surface area contributed by atoms with Gasteiger partial charge in [0.25, 0.3) is 0 Å². The molecule has 1 heterocycles. The Morgan fingerprint density at radius 2 is 2.00 bits per heavy atom. The number of benzene rings is 2. The Balaban J connectivity index is 1.72. The molecule has 1 saturated heterocycles. The molecule has 0 radical (unpaired) electrons. The van der Waals surface area contributed by atoms with Crippen LogP contribution in [0.15, 0.2) is 59.5 Å². The van der Waals surface area contributed by atoms with E-state index >= 15 is 0 Å². The number of nitrogens with one attached hydrogen (secondary N) is 1. The van der Waals surface area contributed by atoms with Crippen molar-refractivity contribution in [2.75, 3.05) is 13.2 Å². The number of primary amides is 1. The topological polar surface area (TPSA) is 108 Å². The molecule has 2 unspecified atom stereocenters. The molecule has 3 atom stereocenters. The molecule has 1 aliphatic heterocycles. The Kier molecular flexibility index (Phi) is 8.96. The third-order valence-corrected chi connectivity index (χ3v) is 6.91. The highest BCUT2D eigenvalue weighted by atomic mass is 32.2. The van der Waals surface area contributed by atoms with Gasteiger partial charge in [0, 0.05) is 19.0 Å². The minimum absolute atomic E-state index is 0.314. The second-order valence-corrected chi connectivity index (χ2v) is 9.32. The number of carbonyl (C=O) groups excluding carboxylic acids is 2. The average Bonchev–Trinajstić information content (AvgIpc) is 2.82. The largest absolute Gasteiger partial charge is 0.593 e. The van der Waals surface area contributed by atoms with Gasteiger partial charge in [0.15, 0.2) is 4.90 Å². The molecule has 7 nitrogen and oxygen atoms in total. The lowest BCUT2D eigenvalue weighted by molar-refractivity contribution is -0.130. The summed E-state index contributed by atoms with van der Waals surface area (Å²) in [6.07, 6.45) is 3.47. The molecule has 2 aromatic carbocycles. The summed E-state index contributed by atoms with van der Waals surface area (Å²) in [6.45, 7) is 3.14. The van der Waals surface area contributed by atoms with E-state index in [-0.39, 0.29) is 5.91 Å². The highest BCUT2D eigenvalue weighted by molar-refractivity contribution is 7.89. The van der Waals surface area contributed by atoms with Crippen LogP contribution in [0.5, 0.6) is 5.75 Å². The van der Waals surface area contributed by atoms with Gasteiger partial charge in [-0.05, 0) is 43.4 Å². The Bertz CT molecular complexity index is 896. The van der Waals surface area contributed by atoms with Crippen molar-refractivity contribution in [1.29, 1.82) is 0 Å². The maximum Gasteiger partial charge on any atom is 0.242 e. The van der Waals surface area contributed by atoms with Crippen molar-refractivity contribution >= 4 is 23.2 Å². The van der Waals surface area contributed by atoms with Crippen molar-refractivity contribution < 1.29 is 18.9 Å². The summed E-state index contributed by atoms with van der Waals surface area (Å²) in [5, 5.41) is 2.80. The lowest BCUT2D eigenvalue weighted by Crippen LogP contribution is -2.56. The molecular formula is C24H31N3O4S. The predicted molar refractivity (Wildman–Crippen MR) is 124 cm³/mol. The van der Waals surface area contributed by atoms with Gasteiger partial charge in [-0.1, -0.05) is 43.3 Å². The molecule has 3 rings (SSSR count). The third-order valence-electron chi connectivity index (χ3n) is 5.39. The number of rotatable bonds is 10. The van der Waals surface area contributed by atoms with E-state index in [0.29, 0.717) is 36.6 Å². The number of nitrogens with two attached hydrogens (primary N) is 1. The third kappa shape index (κ3) is 6.48. The number of hydrogen-bond acceptors (Lipinski definition) is 5. The Labute approximate surface area is 192 Å². The van der Waals surface area contributed by atoms with Crippen LogP contribution in [-0.2, 0) is 27.4 Å². The zero-order valence-corrected chi connectivity index (χ0v) is 19.2. The Morgan fingerprint density at radius 3 is 2.72 bits per heavy atom. The summed E-state index contributed by atoms with van der Waals surface area (Å²) in [6, 6.07) is 15.2. The van der Waals surface area contributed by atoms with E-state index in [0.717, 1.165) is 24.8 Å². The standard InChI is InChI=1S/C24H31N3O4S/c1-2-15-31-19-11-8-12-20(17-19)32(30)27-14-7-6-13-22(27)24(29)26-21(23(25)28)16-18-9-4-3-5-10-18/h3-5,8-12,17,21-22H,2,6-7,13-16H2,1H3,(H2,25,28)(H,26,29)/t21?,22?,32-/m1/s1. The fourth-order valence-corrected chi connectivity index (χ4v) is 5.14. The summed E-state index contributed by atoms with van der Waals surface area (Å²) in [5.74, 6) is -0.255. The van der Waals surface area contributed by atoms with E-state index in [2.05, 4.69) is 5.32 Å². The second-order valence-electron chi connectivity index (χ2n) is 7.88. The first-order valence-electron chi connectivity index (χ1n) is 11.0. The molecule has 1 fully saturated rings. The molecule has 32 heavy (non-hydrogen) atoms. The monoisotopic (exact) mass is 457 g/mol. The van der Waals surface area contributed by atoms with Crippen LogP contribution in [0.3, 0.4) is 0 Å². The van der Waals surface area contributed by atoms with Crippen LogP contribution < -0.4 is 15.8 Å². The number of ether oxygens (including phenoxy) is 1. The molecule has 0 bridgehead atoms. The Morgan fingerprint density at radius 1 is 1.22 bits per heavy atom.